The standard InChI is InChI=1S/C12H21NO3/c1-12(2,11(15)16)10(14)13(3)9-7-5-4-6-8-9/h9H,4-8H2,1-3H3,(H,15,16). The Bertz CT molecular complexity index is 280. The number of carboxylic acid groups (broad SMARTS) is 1. The van der Waals surface area contributed by atoms with Gasteiger partial charge in [0.1, 0.15) is 5.41 Å². The van der Waals surface area contributed by atoms with Crippen LogP contribution in [0.4, 0.5) is 0 Å². The fraction of sp³-hybridized carbons (Fsp3) is 0.833. The second kappa shape index (κ2) is 4.85. The number of aliphatic carboxylic acids is 1. The highest BCUT2D eigenvalue weighted by Crippen LogP contribution is 2.26. The Morgan fingerprint density at radius 1 is 1.19 bits per heavy atom. The van der Waals surface area contributed by atoms with E-state index in [1.165, 1.54) is 20.3 Å². The van der Waals surface area contributed by atoms with Crippen molar-refractivity contribution >= 4 is 11.9 Å². The van der Waals surface area contributed by atoms with Gasteiger partial charge in [-0.05, 0) is 26.7 Å². The molecular formula is C12H21NO3. The molecule has 4 heteroatoms. The van der Waals surface area contributed by atoms with Crippen LogP contribution in [-0.2, 0) is 9.59 Å². The van der Waals surface area contributed by atoms with Gasteiger partial charge in [-0.2, -0.15) is 0 Å². The van der Waals surface area contributed by atoms with Crippen molar-refractivity contribution in [3.63, 3.8) is 0 Å². The molecule has 0 bridgehead atoms. The topological polar surface area (TPSA) is 57.6 Å². The van der Waals surface area contributed by atoms with E-state index in [4.69, 9.17) is 5.11 Å². The van der Waals surface area contributed by atoms with E-state index in [2.05, 4.69) is 0 Å². The zero-order chi connectivity index (χ0) is 12.3. The van der Waals surface area contributed by atoms with Crippen LogP contribution < -0.4 is 0 Å². The Balaban J connectivity index is 2.69. The molecule has 0 unspecified atom stereocenters. The molecule has 0 aromatic rings. The summed E-state index contributed by atoms with van der Waals surface area (Å²) in [4.78, 5) is 24.7. The Kier molecular flexibility index (Phi) is 3.94. The molecule has 0 aromatic heterocycles. The molecule has 1 aliphatic rings. The molecule has 0 heterocycles. The van der Waals surface area contributed by atoms with Crippen LogP contribution in [-0.4, -0.2) is 35.0 Å². The summed E-state index contributed by atoms with van der Waals surface area (Å²) in [7, 11) is 1.73. The average molecular weight is 227 g/mol. The largest absolute Gasteiger partial charge is 0.480 e. The van der Waals surface area contributed by atoms with Crippen LogP contribution in [0.3, 0.4) is 0 Å². The van der Waals surface area contributed by atoms with Crippen LogP contribution in [0.5, 0.6) is 0 Å². The van der Waals surface area contributed by atoms with Gasteiger partial charge in [-0.3, -0.25) is 9.59 Å². The summed E-state index contributed by atoms with van der Waals surface area (Å²) in [5, 5.41) is 9.01. The number of hydrogen-bond acceptors (Lipinski definition) is 2. The van der Waals surface area contributed by atoms with Gasteiger partial charge in [0.15, 0.2) is 0 Å². The second-order valence-electron chi connectivity index (χ2n) is 5.14. The predicted molar refractivity (Wildman–Crippen MR) is 61.1 cm³/mol. The zero-order valence-electron chi connectivity index (χ0n) is 10.3. The van der Waals surface area contributed by atoms with Crippen molar-refractivity contribution in [2.24, 2.45) is 5.41 Å². The summed E-state index contributed by atoms with van der Waals surface area (Å²) in [5.41, 5.74) is -1.31. The lowest BCUT2D eigenvalue weighted by atomic mass is 9.88. The molecule has 0 spiro atoms. The Morgan fingerprint density at radius 2 is 1.69 bits per heavy atom. The van der Waals surface area contributed by atoms with Crippen LogP contribution in [0, 0.1) is 5.41 Å². The van der Waals surface area contributed by atoms with Gasteiger partial charge in [0.2, 0.25) is 5.91 Å². The summed E-state index contributed by atoms with van der Waals surface area (Å²) in [5.74, 6) is -1.34. The van der Waals surface area contributed by atoms with Crippen molar-refractivity contribution in [2.45, 2.75) is 52.0 Å². The third-order valence-corrected chi connectivity index (χ3v) is 3.51. The number of carbonyl (C=O) groups excluding carboxylic acids is 1. The van der Waals surface area contributed by atoms with E-state index in [0.29, 0.717) is 0 Å². The summed E-state index contributed by atoms with van der Waals surface area (Å²) in [6.45, 7) is 2.94. The highest BCUT2D eigenvalue weighted by Gasteiger charge is 2.40. The fourth-order valence-corrected chi connectivity index (χ4v) is 2.17. The van der Waals surface area contributed by atoms with Gasteiger partial charge >= 0.3 is 5.97 Å². The fourth-order valence-electron chi connectivity index (χ4n) is 2.17. The maximum Gasteiger partial charge on any atom is 0.318 e. The van der Waals surface area contributed by atoms with Crippen LogP contribution in [0.25, 0.3) is 0 Å². The minimum atomic E-state index is -1.31. The maximum atomic E-state index is 12.1. The van der Waals surface area contributed by atoms with Gasteiger partial charge < -0.3 is 10.0 Å². The van der Waals surface area contributed by atoms with Gasteiger partial charge in [-0.25, -0.2) is 0 Å². The van der Waals surface area contributed by atoms with Crippen molar-refractivity contribution in [2.75, 3.05) is 7.05 Å². The summed E-state index contributed by atoms with van der Waals surface area (Å²) in [6, 6.07) is 0.222. The number of rotatable bonds is 3. The van der Waals surface area contributed by atoms with Crippen molar-refractivity contribution in [3.05, 3.63) is 0 Å². The highest BCUT2D eigenvalue weighted by molar-refractivity contribution is 6.00. The predicted octanol–water partition coefficient (Wildman–Crippen LogP) is 1.89. The second-order valence-corrected chi connectivity index (χ2v) is 5.14. The molecular weight excluding hydrogens is 206 g/mol. The molecule has 0 aliphatic heterocycles. The monoisotopic (exact) mass is 227 g/mol. The quantitative estimate of drug-likeness (QED) is 0.749. The van der Waals surface area contributed by atoms with Gasteiger partial charge in [-0.15, -0.1) is 0 Å². The lowest BCUT2D eigenvalue weighted by molar-refractivity contribution is -0.158. The molecule has 1 amide bonds. The van der Waals surface area contributed by atoms with Crippen molar-refractivity contribution in [3.8, 4) is 0 Å². The molecule has 92 valence electrons. The first-order chi connectivity index (χ1) is 7.37. The lowest BCUT2D eigenvalue weighted by Crippen LogP contribution is -2.48. The Labute approximate surface area is 96.6 Å². The molecule has 0 radical (unpaired) electrons. The minimum Gasteiger partial charge on any atom is -0.480 e. The molecule has 1 saturated carbocycles. The van der Waals surface area contributed by atoms with E-state index in [0.717, 1.165) is 25.7 Å². The van der Waals surface area contributed by atoms with Gasteiger partial charge in [0.05, 0.1) is 0 Å². The lowest BCUT2D eigenvalue weighted by Gasteiger charge is -2.35. The van der Waals surface area contributed by atoms with E-state index in [1.807, 2.05) is 0 Å². The number of carboxylic acids is 1. The van der Waals surface area contributed by atoms with E-state index < -0.39 is 11.4 Å². The van der Waals surface area contributed by atoms with Gasteiger partial charge in [0, 0.05) is 13.1 Å². The first-order valence-electron chi connectivity index (χ1n) is 5.88. The molecule has 0 saturated heterocycles. The maximum absolute atomic E-state index is 12.1. The number of nitrogens with zero attached hydrogens (tertiary/aromatic N) is 1. The van der Waals surface area contributed by atoms with Crippen molar-refractivity contribution in [1.29, 1.82) is 0 Å². The number of carbonyl (C=O) groups is 2. The minimum absolute atomic E-state index is 0.222. The van der Waals surface area contributed by atoms with Crippen LogP contribution in [0.1, 0.15) is 46.0 Å². The molecule has 1 fully saturated rings. The highest BCUT2D eigenvalue weighted by atomic mass is 16.4. The van der Waals surface area contributed by atoms with Crippen LogP contribution >= 0.6 is 0 Å². The SMILES string of the molecule is CN(C(=O)C(C)(C)C(=O)O)C1CCCCC1. The van der Waals surface area contributed by atoms with Gasteiger partial charge in [-0.1, -0.05) is 19.3 Å². The van der Waals surface area contributed by atoms with E-state index in [-0.39, 0.29) is 11.9 Å². The van der Waals surface area contributed by atoms with Crippen LogP contribution in [0.2, 0.25) is 0 Å². The Hall–Kier alpha value is -1.06. The zero-order valence-corrected chi connectivity index (χ0v) is 10.3. The van der Waals surface area contributed by atoms with E-state index >= 15 is 0 Å². The van der Waals surface area contributed by atoms with Crippen molar-refractivity contribution < 1.29 is 14.7 Å². The third-order valence-electron chi connectivity index (χ3n) is 3.51. The summed E-state index contributed by atoms with van der Waals surface area (Å²) >= 11 is 0. The van der Waals surface area contributed by atoms with Crippen LogP contribution in [0.15, 0.2) is 0 Å². The number of amides is 1. The first kappa shape index (κ1) is 13.0. The molecule has 4 nitrogen and oxygen atoms in total. The molecule has 1 aliphatic carbocycles. The normalized spacial score (nSPS) is 18.2. The third kappa shape index (κ3) is 2.54. The molecule has 1 N–H and O–H groups in total. The molecule has 0 aromatic carbocycles. The van der Waals surface area contributed by atoms with E-state index in [1.54, 1.807) is 11.9 Å². The number of hydrogen-bond donors (Lipinski definition) is 1. The van der Waals surface area contributed by atoms with E-state index in [9.17, 15) is 9.59 Å². The molecule has 16 heavy (non-hydrogen) atoms. The average Bonchev–Trinajstić information content (AvgIpc) is 2.28. The van der Waals surface area contributed by atoms with Gasteiger partial charge in [0.25, 0.3) is 0 Å². The molecule has 1 rings (SSSR count). The Morgan fingerprint density at radius 3 is 2.12 bits per heavy atom. The summed E-state index contributed by atoms with van der Waals surface area (Å²) < 4.78 is 0. The summed E-state index contributed by atoms with van der Waals surface area (Å²) in [6.07, 6.45) is 5.49. The smallest absolute Gasteiger partial charge is 0.318 e. The van der Waals surface area contributed by atoms with Crippen molar-refractivity contribution in [1.82, 2.24) is 4.90 Å². The first-order valence-corrected chi connectivity index (χ1v) is 5.88. The molecule has 0 atom stereocenters.